The minimum absolute atomic E-state index is 0.611. The molecule has 0 fully saturated rings. The molecule has 3 aromatic rings. The first-order chi connectivity index (χ1) is 12.6. The van der Waals surface area contributed by atoms with E-state index in [1.54, 1.807) is 0 Å². The highest BCUT2D eigenvalue weighted by atomic mass is 16.5. The van der Waals surface area contributed by atoms with Gasteiger partial charge < -0.3 is 15.4 Å². The predicted molar refractivity (Wildman–Crippen MR) is 106 cm³/mol. The van der Waals surface area contributed by atoms with E-state index in [2.05, 4.69) is 51.8 Å². The Morgan fingerprint density at radius 3 is 2.50 bits per heavy atom. The van der Waals surface area contributed by atoms with E-state index >= 15 is 0 Å². The lowest BCUT2D eigenvalue weighted by molar-refractivity contribution is 0.340. The zero-order chi connectivity index (χ0) is 18.4. The van der Waals surface area contributed by atoms with Crippen molar-refractivity contribution in [3.63, 3.8) is 0 Å². The zero-order valence-electron chi connectivity index (χ0n) is 15.4. The lowest BCUT2D eigenvalue weighted by Crippen LogP contribution is -2.06. The van der Waals surface area contributed by atoms with Crippen molar-refractivity contribution in [2.24, 2.45) is 0 Å². The van der Waals surface area contributed by atoms with Crippen LogP contribution in [0.25, 0.3) is 0 Å². The van der Waals surface area contributed by atoms with Gasteiger partial charge in [-0.2, -0.15) is 4.98 Å². The molecule has 0 amide bonds. The van der Waals surface area contributed by atoms with Gasteiger partial charge in [0, 0.05) is 24.0 Å². The molecule has 134 valence electrons. The van der Waals surface area contributed by atoms with Crippen LogP contribution in [-0.4, -0.2) is 16.6 Å². The second-order valence-electron chi connectivity index (χ2n) is 6.14. The van der Waals surface area contributed by atoms with Gasteiger partial charge in [-0.15, -0.1) is 0 Å². The molecule has 2 aromatic carbocycles. The zero-order valence-corrected chi connectivity index (χ0v) is 15.4. The molecule has 0 saturated heterocycles. The minimum Gasteiger partial charge on any atom is -0.494 e. The highest BCUT2D eigenvalue weighted by molar-refractivity contribution is 5.58. The normalized spacial score (nSPS) is 10.4. The molecule has 1 heterocycles. The van der Waals surface area contributed by atoms with Gasteiger partial charge in [-0.1, -0.05) is 29.8 Å². The number of aryl methyl sites for hydroxylation is 2. The molecule has 0 unspecified atom stereocenters. The van der Waals surface area contributed by atoms with Crippen molar-refractivity contribution in [1.82, 2.24) is 9.97 Å². The summed E-state index contributed by atoms with van der Waals surface area (Å²) in [6.07, 6.45) is 0. The summed E-state index contributed by atoms with van der Waals surface area (Å²) in [4.78, 5) is 9.03. The molecule has 0 spiro atoms. The Morgan fingerprint density at radius 1 is 0.962 bits per heavy atom. The molecule has 0 radical (unpaired) electrons. The van der Waals surface area contributed by atoms with E-state index in [-0.39, 0.29) is 0 Å². The molecule has 0 atom stereocenters. The first-order valence-corrected chi connectivity index (χ1v) is 8.77. The van der Waals surface area contributed by atoms with E-state index < -0.39 is 0 Å². The van der Waals surface area contributed by atoms with Crippen LogP contribution < -0.4 is 15.4 Å². The fourth-order valence-electron chi connectivity index (χ4n) is 2.66. The third-order valence-corrected chi connectivity index (χ3v) is 3.83. The van der Waals surface area contributed by atoms with Crippen LogP contribution in [0.15, 0.2) is 54.6 Å². The molecule has 1 aromatic heterocycles. The van der Waals surface area contributed by atoms with Crippen molar-refractivity contribution in [3.8, 4) is 5.75 Å². The summed E-state index contributed by atoms with van der Waals surface area (Å²) in [6.45, 7) is 7.37. The quantitative estimate of drug-likeness (QED) is 0.639. The fourth-order valence-corrected chi connectivity index (χ4v) is 2.66. The number of hydrogen-bond donors (Lipinski definition) is 2. The van der Waals surface area contributed by atoms with Gasteiger partial charge in [0.25, 0.3) is 0 Å². The van der Waals surface area contributed by atoms with Crippen molar-refractivity contribution in [3.05, 3.63) is 71.4 Å². The Hall–Kier alpha value is -3.08. The molecule has 0 aliphatic heterocycles. The first-order valence-electron chi connectivity index (χ1n) is 8.77. The van der Waals surface area contributed by atoms with Gasteiger partial charge in [-0.25, -0.2) is 4.98 Å². The number of anilines is 3. The average Bonchev–Trinajstić information content (AvgIpc) is 2.62. The molecular formula is C21H24N4O. The number of nitrogens with one attached hydrogen (secondary N) is 2. The molecule has 3 rings (SSSR count). The maximum Gasteiger partial charge on any atom is 0.225 e. The summed E-state index contributed by atoms with van der Waals surface area (Å²) in [5.41, 5.74) is 4.31. The van der Waals surface area contributed by atoms with Crippen LogP contribution in [0, 0.1) is 13.8 Å². The third-order valence-electron chi connectivity index (χ3n) is 3.83. The van der Waals surface area contributed by atoms with E-state index in [4.69, 9.17) is 4.74 Å². The van der Waals surface area contributed by atoms with Crippen LogP contribution in [-0.2, 0) is 6.54 Å². The summed E-state index contributed by atoms with van der Waals surface area (Å²) in [6, 6.07) is 18.1. The second-order valence-corrected chi connectivity index (χ2v) is 6.14. The predicted octanol–water partition coefficient (Wildman–Crippen LogP) is 4.85. The number of ether oxygens (including phenoxy) is 1. The number of hydrogen-bond acceptors (Lipinski definition) is 5. The molecule has 0 aliphatic rings. The summed E-state index contributed by atoms with van der Waals surface area (Å²) in [7, 11) is 0. The summed E-state index contributed by atoms with van der Waals surface area (Å²) >= 11 is 0. The van der Waals surface area contributed by atoms with Crippen LogP contribution in [0.2, 0.25) is 0 Å². The second kappa shape index (κ2) is 8.34. The van der Waals surface area contributed by atoms with Crippen molar-refractivity contribution < 1.29 is 4.74 Å². The molecule has 5 nitrogen and oxygen atoms in total. The monoisotopic (exact) mass is 348 g/mol. The van der Waals surface area contributed by atoms with Crippen LogP contribution in [0.5, 0.6) is 5.75 Å². The highest BCUT2D eigenvalue weighted by Crippen LogP contribution is 2.20. The van der Waals surface area contributed by atoms with Crippen molar-refractivity contribution >= 4 is 17.5 Å². The minimum atomic E-state index is 0.611. The Morgan fingerprint density at radius 2 is 1.77 bits per heavy atom. The van der Waals surface area contributed by atoms with Gasteiger partial charge in [0.2, 0.25) is 5.95 Å². The Labute approximate surface area is 154 Å². The van der Waals surface area contributed by atoms with Gasteiger partial charge in [0.15, 0.2) is 0 Å². The van der Waals surface area contributed by atoms with Gasteiger partial charge in [-0.05, 0) is 50.6 Å². The van der Waals surface area contributed by atoms with Crippen molar-refractivity contribution in [1.29, 1.82) is 0 Å². The van der Waals surface area contributed by atoms with Crippen LogP contribution in [0.1, 0.15) is 23.7 Å². The van der Waals surface area contributed by atoms with Gasteiger partial charge in [0.05, 0.1) is 6.61 Å². The van der Waals surface area contributed by atoms with E-state index in [0.717, 1.165) is 22.9 Å². The average molecular weight is 348 g/mol. The number of aromatic nitrogens is 2. The fraction of sp³-hybridized carbons (Fsp3) is 0.238. The molecule has 0 bridgehead atoms. The maximum absolute atomic E-state index is 5.47. The largest absolute Gasteiger partial charge is 0.494 e. The topological polar surface area (TPSA) is 59.1 Å². The highest BCUT2D eigenvalue weighted by Gasteiger charge is 2.04. The number of benzene rings is 2. The molecule has 0 saturated carbocycles. The first kappa shape index (κ1) is 17.7. The smallest absolute Gasteiger partial charge is 0.225 e. The molecular weight excluding hydrogens is 324 g/mol. The van der Waals surface area contributed by atoms with E-state index in [1.165, 1.54) is 11.1 Å². The van der Waals surface area contributed by atoms with Gasteiger partial charge >= 0.3 is 0 Å². The maximum atomic E-state index is 5.47. The Kier molecular flexibility index (Phi) is 5.69. The molecule has 0 aliphatic carbocycles. The molecule has 26 heavy (non-hydrogen) atoms. The summed E-state index contributed by atoms with van der Waals surface area (Å²) in [5, 5.41) is 6.61. The van der Waals surface area contributed by atoms with E-state index in [0.29, 0.717) is 19.1 Å². The van der Waals surface area contributed by atoms with Gasteiger partial charge in [-0.3, -0.25) is 0 Å². The van der Waals surface area contributed by atoms with Crippen molar-refractivity contribution in [2.75, 3.05) is 17.2 Å². The summed E-state index contributed by atoms with van der Waals surface area (Å²) in [5.74, 6) is 2.23. The lowest BCUT2D eigenvalue weighted by Gasteiger charge is -2.11. The number of nitrogens with zero attached hydrogens (tertiary/aromatic N) is 2. The third kappa shape index (κ3) is 4.96. The van der Waals surface area contributed by atoms with Crippen LogP contribution in [0.3, 0.4) is 0 Å². The number of rotatable bonds is 7. The van der Waals surface area contributed by atoms with Crippen LogP contribution >= 0.6 is 0 Å². The Balaban J connectivity index is 1.68. The van der Waals surface area contributed by atoms with E-state index in [9.17, 15) is 0 Å². The standard InChI is InChI=1S/C21H24N4O/c1-4-26-19-10-8-18(9-11-19)24-20-13-16(3)23-21(25-20)22-14-17-7-5-6-15(2)12-17/h5-13H,4,14H2,1-3H3,(H2,22,23,24,25). The van der Waals surface area contributed by atoms with Gasteiger partial charge in [0.1, 0.15) is 11.6 Å². The Bertz CT molecular complexity index is 862. The summed E-state index contributed by atoms with van der Waals surface area (Å²) < 4.78 is 5.47. The molecule has 2 N–H and O–H groups in total. The van der Waals surface area contributed by atoms with Crippen molar-refractivity contribution in [2.45, 2.75) is 27.3 Å². The lowest BCUT2D eigenvalue weighted by atomic mass is 10.1. The molecule has 5 heteroatoms. The van der Waals surface area contributed by atoms with E-state index in [1.807, 2.05) is 44.2 Å². The SMILES string of the molecule is CCOc1ccc(Nc2cc(C)nc(NCc3cccc(C)c3)n2)cc1. The van der Waals surface area contributed by atoms with Crippen LogP contribution in [0.4, 0.5) is 17.5 Å².